The van der Waals surface area contributed by atoms with Crippen molar-refractivity contribution in [2.75, 3.05) is 0 Å². The summed E-state index contributed by atoms with van der Waals surface area (Å²) >= 11 is 0. The Morgan fingerprint density at radius 2 is 0.818 bits per heavy atom. The van der Waals surface area contributed by atoms with Gasteiger partial charge in [0.05, 0.1) is 33.4 Å². The summed E-state index contributed by atoms with van der Waals surface area (Å²) in [6.07, 6.45) is 4.35. The Balaban J connectivity index is 1.51. The van der Waals surface area contributed by atoms with E-state index in [4.69, 9.17) is 0 Å². The van der Waals surface area contributed by atoms with E-state index in [0.717, 1.165) is 0 Å². The van der Waals surface area contributed by atoms with E-state index in [1.54, 1.807) is 0 Å². The first-order valence-corrected chi connectivity index (χ1v) is 16.5. The van der Waals surface area contributed by atoms with Gasteiger partial charge in [0.25, 0.3) is 0 Å². The molecule has 3 aromatic heterocycles. The SMILES string of the molecule is C=C/C(=C\C)p1c2c(-n3c4ccccc4c4ccccc43)cccc2c2cccc(-n3c4ccccc4c4ccccc43)c21. The van der Waals surface area contributed by atoms with Gasteiger partial charge in [-0.3, -0.25) is 0 Å². The fraction of sp³-hybridized carbons (Fsp3) is 0.0244. The van der Waals surface area contributed by atoms with E-state index < -0.39 is 7.53 Å². The highest BCUT2D eigenvalue weighted by Crippen LogP contribution is 2.59. The van der Waals surface area contributed by atoms with Crippen LogP contribution in [0.2, 0.25) is 0 Å². The Kier molecular flexibility index (Phi) is 5.51. The second-order valence-corrected chi connectivity index (χ2v) is 13.4. The maximum atomic E-state index is 4.34. The minimum atomic E-state index is -0.912. The number of para-hydroxylation sites is 4. The lowest BCUT2D eigenvalue weighted by atomic mass is 10.1. The molecule has 0 aliphatic carbocycles. The molecule has 0 bridgehead atoms. The third-order valence-corrected chi connectivity index (χ3v) is 12.0. The zero-order chi connectivity index (χ0) is 29.4. The van der Waals surface area contributed by atoms with Gasteiger partial charge in [0.2, 0.25) is 0 Å². The van der Waals surface area contributed by atoms with E-state index in [9.17, 15) is 0 Å². The Morgan fingerprint density at radius 1 is 0.477 bits per heavy atom. The van der Waals surface area contributed by atoms with E-state index in [0.29, 0.717) is 0 Å². The number of nitrogens with zero attached hydrogens (tertiary/aromatic N) is 2. The molecule has 0 saturated carbocycles. The standard InChI is InChI=1S/C41H29N2P/c1-3-27(4-2)44-40-32(19-13-25-38(40)42-34-21-9-5-15-28(34)29-16-6-10-22-35(29)42)33-20-14-26-39(41(33)44)43-36-23-11-7-17-30(36)31-18-8-12-24-37(31)43/h3-26H,1H2,2H3/b27-4+. The highest BCUT2D eigenvalue weighted by atomic mass is 31.1. The smallest absolute Gasteiger partial charge is 0.0583 e. The molecule has 9 aromatic rings. The average molecular weight is 581 g/mol. The summed E-state index contributed by atoms with van der Waals surface area (Å²) in [5.41, 5.74) is 7.42. The molecule has 0 amide bonds. The maximum Gasteiger partial charge on any atom is 0.0583 e. The predicted molar refractivity (Wildman–Crippen MR) is 193 cm³/mol. The third kappa shape index (κ3) is 3.32. The number of rotatable bonds is 4. The lowest BCUT2D eigenvalue weighted by Gasteiger charge is -2.15. The molecule has 0 fully saturated rings. The van der Waals surface area contributed by atoms with Gasteiger partial charge in [-0.15, -0.1) is 0 Å². The fourth-order valence-electron chi connectivity index (χ4n) is 7.40. The molecule has 208 valence electrons. The molecular formula is C41H29N2P. The Bertz CT molecular complexity index is 2360. The molecule has 9 rings (SSSR count). The van der Waals surface area contributed by atoms with Crippen LogP contribution in [0.5, 0.6) is 0 Å². The summed E-state index contributed by atoms with van der Waals surface area (Å²) < 4.78 is 4.97. The number of hydrogen-bond acceptors (Lipinski definition) is 0. The summed E-state index contributed by atoms with van der Waals surface area (Å²) in [6, 6.07) is 48.9. The molecule has 0 aliphatic rings. The van der Waals surface area contributed by atoms with Crippen molar-refractivity contribution >= 4 is 77.5 Å². The van der Waals surface area contributed by atoms with Gasteiger partial charge in [0.15, 0.2) is 0 Å². The molecule has 3 heteroatoms. The first-order chi connectivity index (χ1) is 21.8. The zero-order valence-corrected chi connectivity index (χ0v) is 25.3. The largest absolute Gasteiger partial charge is 0.308 e. The summed E-state index contributed by atoms with van der Waals surface area (Å²) in [6.45, 7) is 6.50. The lowest BCUT2D eigenvalue weighted by molar-refractivity contribution is 1.20. The predicted octanol–water partition coefficient (Wildman–Crippen LogP) is 12.2. The van der Waals surface area contributed by atoms with Crippen LogP contribution in [0, 0.1) is 0 Å². The van der Waals surface area contributed by atoms with Crippen LogP contribution in [0.1, 0.15) is 6.92 Å². The molecule has 3 heterocycles. The summed E-state index contributed by atoms with van der Waals surface area (Å²) in [7, 11) is -0.912. The van der Waals surface area contributed by atoms with Gasteiger partial charge in [-0.25, -0.2) is 0 Å². The van der Waals surface area contributed by atoms with Crippen molar-refractivity contribution < 1.29 is 0 Å². The average Bonchev–Trinajstić information content (AvgIpc) is 3.72. The Hall–Kier alpha value is -5.30. The van der Waals surface area contributed by atoms with Gasteiger partial charge in [-0.2, -0.15) is 0 Å². The minimum absolute atomic E-state index is 0.912. The van der Waals surface area contributed by atoms with Crippen LogP contribution in [0.3, 0.4) is 0 Å². The summed E-state index contributed by atoms with van der Waals surface area (Å²) in [5, 5.41) is 11.8. The van der Waals surface area contributed by atoms with Crippen LogP contribution in [-0.2, 0) is 0 Å². The van der Waals surface area contributed by atoms with Gasteiger partial charge in [-0.05, 0) is 59.4 Å². The monoisotopic (exact) mass is 580 g/mol. The molecule has 0 atom stereocenters. The van der Waals surface area contributed by atoms with E-state index >= 15 is 0 Å². The normalized spacial score (nSPS) is 12.4. The second-order valence-electron chi connectivity index (χ2n) is 11.3. The minimum Gasteiger partial charge on any atom is -0.308 e. The molecule has 0 N–H and O–H groups in total. The quantitative estimate of drug-likeness (QED) is 0.183. The van der Waals surface area contributed by atoms with E-state index in [1.807, 2.05) is 0 Å². The molecule has 0 aliphatic heterocycles. The first-order valence-electron chi connectivity index (χ1n) is 15.1. The lowest BCUT2D eigenvalue weighted by Crippen LogP contribution is -1.94. The molecular weight excluding hydrogens is 551 g/mol. The number of hydrogen-bond donors (Lipinski definition) is 0. The number of benzene rings is 6. The van der Waals surface area contributed by atoms with Crippen LogP contribution in [0.25, 0.3) is 81.3 Å². The van der Waals surface area contributed by atoms with Crippen molar-refractivity contribution in [2.24, 2.45) is 0 Å². The van der Waals surface area contributed by atoms with Gasteiger partial charge < -0.3 is 9.13 Å². The molecule has 44 heavy (non-hydrogen) atoms. The van der Waals surface area contributed by atoms with Crippen LogP contribution in [0.15, 0.2) is 152 Å². The molecule has 0 unspecified atom stereocenters. The van der Waals surface area contributed by atoms with Crippen molar-refractivity contribution in [2.45, 2.75) is 6.92 Å². The zero-order valence-electron chi connectivity index (χ0n) is 24.4. The highest BCUT2D eigenvalue weighted by molar-refractivity contribution is 7.71. The van der Waals surface area contributed by atoms with Crippen LogP contribution >= 0.6 is 7.53 Å². The van der Waals surface area contributed by atoms with E-state index in [2.05, 4.69) is 168 Å². The van der Waals surface area contributed by atoms with Crippen molar-refractivity contribution in [3.8, 4) is 11.4 Å². The topological polar surface area (TPSA) is 9.86 Å². The Morgan fingerprint density at radius 3 is 1.16 bits per heavy atom. The van der Waals surface area contributed by atoms with Crippen molar-refractivity contribution in [1.82, 2.24) is 9.13 Å². The van der Waals surface area contributed by atoms with Gasteiger partial charge >= 0.3 is 0 Å². The van der Waals surface area contributed by atoms with Crippen molar-refractivity contribution in [3.63, 3.8) is 0 Å². The molecule has 0 spiro atoms. The maximum absolute atomic E-state index is 4.34. The molecule has 0 saturated heterocycles. The van der Waals surface area contributed by atoms with Gasteiger partial charge in [-0.1, -0.05) is 123 Å². The highest BCUT2D eigenvalue weighted by Gasteiger charge is 2.23. The van der Waals surface area contributed by atoms with E-state index in [-0.39, 0.29) is 0 Å². The molecule has 2 nitrogen and oxygen atoms in total. The third-order valence-electron chi connectivity index (χ3n) is 9.17. The number of fused-ring (bicyclic) bond motifs is 9. The number of aromatic nitrogens is 2. The van der Waals surface area contributed by atoms with Gasteiger partial charge in [0, 0.05) is 31.8 Å². The van der Waals surface area contributed by atoms with Crippen molar-refractivity contribution in [3.05, 3.63) is 152 Å². The van der Waals surface area contributed by atoms with Gasteiger partial charge in [0.1, 0.15) is 0 Å². The van der Waals surface area contributed by atoms with Crippen LogP contribution < -0.4 is 0 Å². The van der Waals surface area contributed by atoms with Crippen LogP contribution in [0.4, 0.5) is 0 Å². The summed E-state index contributed by atoms with van der Waals surface area (Å²) in [4.78, 5) is 0. The van der Waals surface area contributed by atoms with Crippen molar-refractivity contribution in [1.29, 1.82) is 0 Å². The van der Waals surface area contributed by atoms with E-state index in [1.165, 1.54) is 81.3 Å². The Labute approximate surface area is 256 Å². The second kappa shape index (κ2) is 9.61. The first kappa shape index (κ1) is 25.2. The summed E-state index contributed by atoms with van der Waals surface area (Å²) in [5.74, 6) is 0. The van der Waals surface area contributed by atoms with Crippen LogP contribution in [-0.4, -0.2) is 9.13 Å². The molecule has 0 radical (unpaired) electrons. The molecule has 6 aromatic carbocycles. The number of allylic oxidation sites excluding steroid dienone is 3. The fourth-order valence-corrected chi connectivity index (χ4v) is 10.3.